The molecule has 140 valence electrons. The second-order valence-electron chi connectivity index (χ2n) is 5.50. The molecule has 0 aromatic heterocycles. The molecule has 0 bridgehead atoms. The first-order valence-corrected chi connectivity index (χ1v) is 9.88. The van der Waals surface area contributed by atoms with E-state index in [1.165, 1.54) is 12.1 Å². The number of anilines is 1. The molecule has 1 fully saturated rings. The van der Waals surface area contributed by atoms with Gasteiger partial charge in [-0.1, -0.05) is 0 Å². The van der Waals surface area contributed by atoms with Crippen molar-refractivity contribution >= 4 is 32.4 Å². The van der Waals surface area contributed by atoms with Crippen LogP contribution in [0.25, 0.3) is 0 Å². The topological polar surface area (TPSA) is 162 Å². The van der Waals surface area contributed by atoms with Crippen molar-refractivity contribution in [3.63, 3.8) is 0 Å². The Morgan fingerprint density at radius 1 is 1.36 bits per heavy atom. The van der Waals surface area contributed by atoms with E-state index in [0.717, 1.165) is 6.07 Å². The van der Waals surface area contributed by atoms with Crippen LogP contribution in [0.15, 0.2) is 23.1 Å². The molecular weight excluding hydrogens is 376 g/mol. The second kappa shape index (κ2) is 8.05. The third-order valence-electron chi connectivity index (χ3n) is 3.79. The Kier molecular flexibility index (Phi) is 6.29. The van der Waals surface area contributed by atoms with E-state index in [9.17, 15) is 26.9 Å². The summed E-state index contributed by atoms with van der Waals surface area (Å²) in [6.45, 7) is 1.10. The number of likely N-dealkylation sites (tertiary alicyclic amines) is 1. The molecule has 1 aromatic rings. The molecule has 0 unspecified atom stereocenters. The summed E-state index contributed by atoms with van der Waals surface area (Å²) in [5, 5.41) is 19.2. The van der Waals surface area contributed by atoms with Gasteiger partial charge in [0.25, 0.3) is 16.7 Å². The summed E-state index contributed by atoms with van der Waals surface area (Å²) in [7, 11) is -6.92. The minimum absolute atomic E-state index is 0.0192. The Balaban J connectivity index is 2.05. The monoisotopic (exact) mass is 394 g/mol. The molecule has 2 rings (SSSR count). The highest BCUT2D eigenvalue weighted by molar-refractivity contribution is 7.89. The van der Waals surface area contributed by atoms with Gasteiger partial charge < -0.3 is 5.32 Å². The van der Waals surface area contributed by atoms with Crippen LogP contribution in [0, 0.1) is 10.1 Å². The molecule has 0 spiro atoms. The average Bonchev–Trinajstić information content (AvgIpc) is 2.53. The molecule has 0 radical (unpaired) electrons. The maximum atomic E-state index is 11.3. The van der Waals surface area contributed by atoms with Gasteiger partial charge in [-0.2, -0.15) is 0 Å². The van der Waals surface area contributed by atoms with Crippen molar-refractivity contribution in [3.05, 3.63) is 28.3 Å². The fourth-order valence-corrected chi connectivity index (χ4v) is 3.31. The lowest BCUT2D eigenvalue weighted by atomic mass is 10.0. The van der Waals surface area contributed by atoms with Crippen molar-refractivity contribution in [2.24, 2.45) is 5.14 Å². The van der Waals surface area contributed by atoms with Crippen molar-refractivity contribution in [1.29, 1.82) is 0 Å². The van der Waals surface area contributed by atoms with E-state index in [-0.39, 0.29) is 29.0 Å². The summed E-state index contributed by atoms with van der Waals surface area (Å²) in [5.74, 6) is 0. The lowest BCUT2D eigenvalue weighted by molar-refractivity contribution is -0.384. The number of nitro groups is 1. The fourth-order valence-electron chi connectivity index (χ4n) is 2.52. The number of primary sulfonamides is 1. The summed E-state index contributed by atoms with van der Waals surface area (Å²) in [6.07, 6.45) is 1.24. The number of sulfonamides is 1. The SMILES string of the molecule is NS(=O)(=O)c1ccc(NC2CCN(CO[SH](=O)=O)CC2)c([N+](=O)[O-])c1. The van der Waals surface area contributed by atoms with Crippen LogP contribution >= 0.6 is 0 Å². The molecule has 1 aliphatic heterocycles. The number of hydrogen-bond acceptors (Lipinski definition) is 9. The number of hydrogen-bond donors (Lipinski definition) is 3. The van der Waals surface area contributed by atoms with Gasteiger partial charge in [-0.25, -0.2) is 22.0 Å². The van der Waals surface area contributed by atoms with Crippen molar-refractivity contribution in [3.8, 4) is 0 Å². The van der Waals surface area contributed by atoms with Gasteiger partial charge in [0.05, 0.1) is 9.82 Å². The van der Waals surface area contributed by atoms with Crippen LogP contribution in [0.4, 0.5) is 11.4 Å². The van der Waals surface area contributed by atoms with Crippen LogP contribution < -0.4 is 10.5 Å². The van der Waals surface area contributed by atoms with E-state index in [2.05, 4.69) is 9.50 Å². The quantitative estimate of drug-likeness (QED) is 0.318. The third kappa shape index (κ3) is 5.61. The highest BCUT2D eigenvalue weighted by Crippen LogP contribution is 2.29. The Labute approximate surface area is 146 Å². The number of nitro benzene ring substituents is 1. The van der Waals surface area contributed by atoms with Crippen LogP contribution in [0.1, 0.15) is 12.8 Å². The molecule has 1 aromatic carbocycles. The summed E-state index contributed by atoms with van der Waals surface area (Å²) in [4.78, 5) is 12.0. The van der Waals surface area contributed by atoms with Gasteiger partial charge in [-0.3, -0.25) is 19.2 Å². The molecule has 1 heterocycles. The number of piperidine rings is 1. The zero-order chi connectivity index (χ0) is 18.6. The first kappa shape index (κ1) is 19.5. The van der Waals surface area contributed by atoms with E-state index in [1.54, 1.807) is 0 Å². The Morgan fingerprint density at radius 3 is 2.52 bits per heavy atom. The van der Waals surface area contributed by atoms with Crippen LogP contribution in [0.3, 0.4) is 0 Å². The number of nitrogens with zero attached hydrogens (tertiary/aromatic N) is 2. The summed E-state index contributed by atoms with van der Waals surface area (Å²) in [6, 6.07) is 3.37. The van der Waals surface area contributed by atoms with Crippen LogP contribution in [0.5, 0.6) is 0 Å². The van der Waals surface area contributed by atoms with Crippen LogP contribution in [0.2, 0.25) is 0 Å². The standard InChI is InChI=1S/C12H18N4O7S2/c13-25(21,22)10-1-2-11(12(7-10)16(17)18)14-9-3-5-15(6-4-9)8-23-24(19)20/h1-2,7,9,14,24H,3-6,8H2,(H2,13,21,22). The zero-order valence-corrected chi connectivity index (χ0v) is 14.7. The zero-order valence-electron chi connectivity index (χ0n) is 13.0. The molecule has 1 saturated heterocycles. The molecule has 0 aliphatic carbocycles. The van der Waals surface area contributed by atoms with Crippen molar-refractivity contribution in [1.82, 2.24) is 4.90 Å². The van der Waals surface area contributed by atoms with Gasteiger partial charge in [0, 0.05) is 25.2 Å². The largest absolute Gasteiger partial charge is 0.377 e. The number of nitrogens with two attached hydrogens (primary N) is 1. The lowest BCUT2D eigenvalue weighted by Crippen LogP contribution is -2.40. The Bertz CT molecular complexity index is 809. The van der Waals surface area contributed by atoms with Gasteiger partial charge in [0.15, 0.2) is 0 Å². The molecule has 0 amide bonds. The molecule has 3 N–H and O–H groups in total. The predicted octanol–water partition coefficient (Wildman–Crippen LogP) is -0.381. The normalized spacial score (nSPS) is 16.9. The Morgan fingerprint density at radius 2 is 2.00 bits per heavy atom. The van der Waals surface area contributed by atoms with Crippen LogP contribution in [-0.2, 0) is 25.2 Å². The van der Waals surface area contributed by atoms with Gasteiger partial charge >= 0.3 is 0 Å². The van der Waals surface area contributed by atoms with Crippen molar-refractivity contribution in [2.45, 2.75) is 23.8 Å². The molecule has 0 saturated carbocycles. The minimum Gasteiger partial charge on any atom is -0.377 e. The number of thiol groups is 1. The van der Waals surface area contributed by atoms with E-state index < -0.39 is 25.9 Å². The number of nitrogens with one attached hydrogen (secondary N) is 1. The smallest absolute Gasteiger partial charge is 0.293 e. The molecule has 0 atom stereocenters. The lowest BCUT2D eigenvalue weighted by Gasteiger charge is -2.31. The summed E-state index contributed by atoms with van der Waals surface area (Å²) < 4.78 is 48.0. The van der Waals surface area contributed by atoms with Crippen molar-refractivity contribution in [2.75, 3.05) is 25.1 Å². The second-order valence-corrected chi connectivity index (χ2v) is 7.77. The Hall–Kier alpha value is -1.80. The van der Waals surface area contributed by atoms with Gasteiger partial charge in [-0.05, 0) is 25.0 Å². The number of benzene rings is 1. The molecule has 11 nitrogen and oxygen atoms in total. The van der Waals surface area contributed by atoms with Crippen molar-refractivity contribution < 1.29 is 25.9 Å². The van der Waals surface area contributed by atoms with Gasteiger partial charge in [-0.15, -0.1) is 0 Å². The van der Waals surface area contributed by atoms with Gasteiger partial charge in [0.1, 0.15) is 12.4 Å². The van der Waals surface area contributed by atoms with E-state index in [0.29, 0.717) is 25.9 Å². The molecule has 1 aliphatic rings. The average molecular weight is 394 g/mol. The maximum absolute atomic E-state index is 11.3. The molecular formula is C12H18N4O7S2. The highest BCUT2D eigenvalue weighted by atomic mass is 32.2. The highest BCUT2D eigenvalue weighted by Gasteiger charge is 2.24. The first-order valence-electron chi connectivity index (χ1n) is 7.24. The fraction of sp³-hybridized carbons (Fsp3) is 0.500. The van der Waals surface area contributed by atoms with Gasteiger partial charge in [0.2, 0.25) is 10.0 Å². The third-order valence-corrected chi connectivity index (χ3v) is 5.02. The predicted molar refractivity (Wildman–Crippen MR) is 89.0 cm³/mol. The number of rotatable bonds is 7. The van der Waals surface area contributed by atoms with E-state index in [1.807, 2.05) is 4.90 Å². The minimum atomic E-state index is -4.03. The molecule has 25 heavy (non-hydrogen) atoms. The van der Waals surface area contributed by atoms with E-state index in [4.69, 9.17) is 5.14 Å². The summed E-state index contributed by atoms with van der Waals surface area (Å²) in [5.41, 5.74) is -0.171. The van der Waals surface area contributed by atoms with Crippen LogP contribution in [-0.4, -0.2) is 52.5 Å². The van der Waals surface area contributed by atoms with E-state index >= 15 is 0 Å². The summed E-state index contributed by atoms with van der Waals surface area (Å²) >= 11 is 0. The molecule has 13 heteroatoms. The maximum Gasteiger partial charge on any atom is 0.293 e. The first-order chi connectivity index (χ1) is 11.7.